The molecule has 1 saturated heterocycles. The van der Waals surface area contributed by atoms with Gasteiger partial charge in [0.05, 0.1) is 31.9 Å². The van der Waals surface area contributed by atoms with Gasteiger partial charge in [0.2, 0.25) is 15.9 Å². The van der Waals surface area contributed by atoms with Gasteiger partial charge in [-0.05, 0) is 61.4 Å². The zero-order chi connectivity index (χ0) is 26.2. The highest BCUT2D eigenvalue weighted by Gasteiger charge is 2.42. The van der Waals surface area contributed by atoms with Gasteiger partial charge in [-0.25, -0.2) is 17.8 Å². The first kappa shape index (κ1) is 25.2. The zero-order valence-corrected chi connectivity index (χ0v) is 21.7. The number of rotatable bonds is 8. The van der Waals surface area contributed by atoms with Crippen LogP contribution in [-0.4, -0.2) is 50.4 Å². The Labute approximate surface area is 217 Å². The first-order chi connectivity index (χ1) is 17.8. The molecule has 3 heterocycles. The van der Waals surface area contributed by atoms with Crippen LogP contribution in [-0.2, 0) is 21.4 Å². The van der Waals surface area contributed by atoms with E-state index in [1.807, 2.05) is 0 Å². The van der Waals surface area contributed by atoms with Gasteiger partial charge in [-0.2, -0.15) is 4.31 Å². The molecule has 9 nitrogen and oxygen atoms in total. The molecule has 4 aromatic rings. The lowest BCUT2D eigenvalue weighted by atomic mass is 10.2. The first-order valence-corrected chi connectivity index (χ1v) is 13.7. The van der Waals surface area contributed by atoms with Gasteiger partial charge in [0.1, 0.15) is 39.3 Å². The van der Waals surface area contributed by atoms with E-state index in [-0.39, 0.29) is 18.0 Å². The summed E-state index contributed by atoms with van der Waals surface area (Å²) in [4.78, 5) is 20.1. The van der Waals surface area contributed by atoms with E-state index < -0.39 is 27.8 Å². The van der Waals surface area contributed by atoms with Crippen LogP contribution in [0.2, 0.25) is 0 Å². The van der Waals surface area contributed by atoms with Crippen LogP contribution in [0.15, 0.2) is 64.1 Å². The van der Waals surface area contributed by atoms with Crippen LogP contribution < -0.4 is 14.4 Å². The van der Waals surface area contributed by atoms with Gasteiger partial charge in [-0.3, -0.25) is 9.69 Å². The average molecular weight is 546 g/mol. The number of anilines is 1. The van der Waals surface area contributed by atoms with E-state index in [0.717, 1.165) is 12.1 Å². The molecule has 194 valence electrons. The number of halogens is 1. The molecule has 1 fully saturated rings. The summed E-state index contributed by atoms with van der Waals surface area (Å²) in [5.74, 6) is 0.629. The topological polar surface area (TPSA) is 102 Å². The van der Waals surface area contributed by atoms with Crippen molar-refractivity contribution in [3.63, 3.8) is 0 Å². The Balaban J connectivity index is 1.55. The van der Waals surface area contributed by atoms with Crippen molar-refractivity contribution in [2.24, 2.45) is 0 Å². The Morgan fingerprint density at radius 3 is 2.57 bits per heavy atom. The predicted molar refractivity (Wildman–Crippen MR) is 136 cm³/mol. The minimum absolute atomic E-state index is 0.0528. The molecule has 1 unspecified atom stereocenters. The normalized spacial score (nSPS) is 16.2. The highest BCUT2D eigenvalue weighted by atomic mass is 32.2. The summed E-state index contributed by atoms with van der Waals surface area (Å²) in [5.41, 5.74) is 0.529. The summed E-state index contributed by atoms with van der Waals surface area (Å²) in [5, 5.41) is 0.352. The van der Waals surface area contributed by atoms with E-state index in [0.29, 0.717) is 45.4 Å². The molecule has 0 spiro atoms. The molecule has 1 aliphatic heterocycles. The van der Waals surface area contributed by atoms with Crippen molar-refractivity contribution in [3.05, 3.63) is 66.4 Å². The number of fused-ring (bicyclic) bond motifs is 1. The van der Waals surface area contributed by atoms with E-state index >= 15 is 0 Å². The molecule has 0 aliphatic carbocycles. The molecule has 0 radical (unpaired) electrons. The maximum absolute atomic E-state index is 14.0. The number of hydrogen-bond acceptors (Lipinski definition) is 8. The van der Waals surface area contributed by atoms with Crippen molar-refractivity contribution in [1.82, 2.24) is 9.29 Å². The van der Waals surface area contributed by atoms with Crippen molar-refractivity contribution in [1.29, 1.82) is 0 Å². The molecule has 1 aliphatic rings. The monoisotopic (exact) mass is 545 g/mol. The lowest BCUT2D eigenvalue weighted by Gasteiger charge is -2.28. The highest BCUT2D eigenvalue weighted by Crippen LogP contribution is 2.41. The van der Waals surface area contributed by atoms with Crippen LogP contribution in [0.25, 0.3) is 10.2 Å². The quantitative estimate of drug-likeness (QED) is 0.323. The standard InChI is InChI=1S/C25H24FN3O6S2/c1-33-20-11-12-21(34-2)23-22(20)27-25(36-23)28(15-17-5-4-14-35-17)24(30)19-6-3-13-29(19)37(31,32)18-9-7-16(26)8-10-18/h4-5,7-12,14,19H,3,6,13,15H2,1-2H3. The van der Waals surface area contributed by atoms with Crippen molar-refractivity contribution in [2.45, 2.75) is 30.3 Å². The average Bonchev–Trinajstić information content (AvgIpc) is 3.67. The van der Waals surface area contributed by atoms with E-state index in [9.17, 15) is 17.6 Å². The number of benzene rings is 2. The Kier molecular flexibility index (Phi) is 6.88. The molecule has 2 aromatic heterocycles. The van der Waals surface area contributed by atoms with E-state index in [2.05, 4.69) is 4.98 Å². The second-order valence-corrected chi connectivity index (χ2v) is 11.2. The van der Waals surface area contributed by atoms with Gasteiger partial charge in [0.25, 0.3) is 0 Å². The van der Waals surface area contributed by atoms with E-state index in [1.165, 1.54) is 46.0 Å². The van der Waals surface area contributed by atoms with Crippen LogP contribution in [0.5, 0.6) is 11.5 Å². The zero-order valence-electron chi connectivity index (χ0n) is 20.1. The third-order valence-corrected chi connectivity index (χ3v) is 9.21. The smallest absolute Gasteiger partial charge is 0.247 e. The lowest BCUT2D eigenvalue weighted by molar-refractivity contribution is -0.121. The number of thiazole rings is 1. The first-order valence-electron chi connectivity index (χ1n) is 11.5. The fraction of sp³-hybridized carbons (Fsp3) is 0.280. The van der Waals surface area contributed by atoms with E-state index in [4.69, 9.17) is 13.9 Å². The number of methoxy groups -OCH3 is 2. The van der Waals surface area contributed by atoms with Gasteiger partial charge in [0, 0.05) is 6.54 Å². The highest BCUT2D eigenvalue weighted by molar-refractivity contribution is 7.89. The Bertz CT molecular complexity index is 1480. The fourth-order valence-electron chi connectivity index (χ4n) is 4.38. The number of ether oxygens (including phenoxy) is 2. The Morgan fingerprint density at radius 2 is 1.89 bits per heavy atom. The largest absolute Gasteiger partial charge is 0.495 e. The third-order valence-electron chi connectivity index (χ3n) is 6.20. The van der Waals surface area contributed by atoms with Crippen molar-refractivity contribution in [3.8, 4) is 11.5 Å². The molecule has 1 amide bonds. The van der Waals surface area contributed by atoms with Gasteiger partial charge >= 0.3 is 0 Å². The predicted octanol–water partition coefficient (Wildman–Crippen LogP) is 4.43. The van der Waals surface area contributed by atoms with Crippen LogP contribution in [0.1, 0.15) is 18.6 Å². The summed E-state index contributed by atoms with van der Waals surface area (Å²) in [6.45, 7) is 0.226. The number of aromatic nitrogens is 1. The number of amides is 1. The summed E-state index contributed by atoms with van der Waals surface area (Å²) in [6, 6.07) is 10.6. The SMILES string of the molecule is COc1ccc(OC)c2sc(N(Cc3ccco3)C(=O)C3CCCN3S(=O)(=O)c3ccc(F)cc3)nc12. The minimum Gasteiger partial charge on any atom is -0.495 e. The number of nitrogens with zero attached hydrogens (tertiary/aromatic N) is 3. The molecule has 37 heavy (non-hydrogen) atoms. The second-order valence-electron chi connectivity index (χ2n) is 8.38. The fourth-order valence-corrected chi connectivity index (χ4v) is 7.11. The van der Waals surface area contributed by atoms with Gasteiger partial charge in [-0.1, -0.05) is 11.3 Å². The Morgan fingerprint density at radius 1 is 1.16 bits per heavy atom. The van der Waals surface area contributed by atoms with Crippen LogP contribution in [0.4, 0.5) is 9.52 Å². The second kappa shape index (κ2) is 10.1. The van der Waals surface area contributed by atoms with Gasteiger partial charge in [-0.15, -0.1) is 0 Å². The van der Waals surface area contributed by atoms with Crippen molar-refractivity contribution < 1.29 is 31.5 Å². The minimum atomic E-state index is -4.03. The third kappa shape index (κ3) is 4.67. The number of hydrogen-bond donors (Lipinski definition) is 0. The number of furan rings is 1. The lowest BCUT2D eigenvalue weighted by Crippen LogP contribution is -2.47. The van der Waals surface area contributed by atoms with Gasteiger partial charge < -0.3 is 13.9 Å². The molecule has 0 saturated carbocycles. The number of carbonyl (C=O) groups excluding carboxylic acids is 1. The summed E-state index contributed by atoms with van der Waals surface area (Å²) < 4.78 is 58.6. The molecular weight excluding hydrogens is 521 g/mol. The maximum Gasteiger partial charge on any atom is 0.247 e. The van der Waals surface area contributed by atoms with Gasteiger partial charge in [0.15, 0.2) is 5.13 Å². The van der Waals surface area contributed by atoms with E-state index in [1.54, 1.807) is 31.4 Å². The van der Waals surface area contributed by atoms with Crippen molar-refractivity contribution in [2.75, 3.05) is 25.7 Å². The molecule has 0 N–H and O–H groups in total. The summed E-state index contributed by atoms with van der Waals surface area (Å²) in [7, 11) is -0.959. The molecule has 1 atom stereocenters. The maximum atomic E-state index is 14.0. The van der Waals surface area contributed by atoms with Crippen LogP contribution >= 0.6 is 11.3 Å². The Hall–Kier alpha value is -3.48. The van der Waals surface area contributed by atoms with Crippen LogP contribution in [0, 0.1) is 5.82 Å². The molecular formula is C25H24FN3O6S2. The molecule has 0 bridgehead atoms. The molecule has 12 heteroatoms. The summed E-state index contributed by atoms with van der Waals surface area (Å²) >= 11 is 1.24. The molecule has 5 rings (SSSR count). The summed E-state index contributed by atoms with van der Waals surface area (Å²) in [6.07, 6.45) is 2.35. The number of carbonyl (C=O) groups is 1. The van der Waals surface area contributed by atoms with Crippen LogP contribution in [0.3, 0.4) is 0 Å². The van der Waals surface area contributed by atoms with Crippen molar-refractivity contribution >= 4 is 42.6 Å². The molecule has 2 aromatic carbocycles. The number of sulfonamides is 1.